The molecule has 0 saturated carbocycles. The average Bonchev–Trinajstić information content (AvgIpc) is 3.08. The van der Waals surface area contributed by atoms with E-state index in [1.165, 1.54) is 34.4 Å². The Morgan fingerprint density at radius 3 is 2.20 bits per heavy atom. The molecule has 7 nitrogen and oxygen atoms in total. The van der Waals surface area contributed by atoms with Crippen LogP contribution in [0.3, 0.4) is 0 Å². The summed E-state index contributed by atoms with van der Waals surface area (Å²) in [5, 5.41) is 19.2. The van der Waals surface area contributed by atoms with Crippen LogP contribution in [-0.2, 0) is 6.54 Å². The van der Waals surface area contributed by atoms with Crippen LogP contribution < -0.4 is 4.84 Å². The van der Waals surface area contributed by atoms with Gasteiger partial charge in [-0.15, -0.1) is 4.73 Å². The van der Waals surface area contributed by atoms with Crippen molar-refractivity contribution in [1.82, 2.24) is 14.5 Å². The highest BCUT2D eigenvalue weighted by molar-refractivity contribution is 5.68. The standard InChI is InChI=1S/C23H25N3O4/c1-17-15-19(18-5-3-2-4-6-18)7-8-20(17)16-24-11-13-25(14-12-24)23(29)30-26-21(27)9-10-22(26)28/h2-10,15,27-28H,11-14,16H2,1H3. The average molecular weight is 407 g/mol. The molecule has 1 aliphatic rings. The van der Waals surface area contributed by atoms with Crippen LogP contribution >= 0.6 is 0 Å². The monoisotopic (exact) mass is 407 g/mol. The normalized spacial score (nSPS) is 14.6. The third-order valence-corrected chi connectivity index (χ3v) is 5.44. The fourth-order valence-corrected chi connectivity index (χ4v) is 3.64. The lowest BCUT2D eigenvalue weighted by Crippen LogP contribution is -2.50. The van der Waals surface area contributed by atoms with E-state index < -0.39 is 6.09 Å². The Bertz CT molecular complexity index is 1000. The number of aryl methyl sites for hydroxylation is 1. The summed E-state index contributed by atoms with van der Waals surface area (Å²) in [6.07, 6.45) is -0.597. The highest BCUT2D eigenvalue weighted by atomic mass is 16.7. The van der Waals surface area contributed by atoms with Gasteiger partial charge < -0.3 is 20.0 Å². The number of aromatic nitrogens is 1. The number of rotatable bonds is 4. The minimum absolute atomic E-state index is 0.325. The first kappa shape index (κ1) is 19.8. The Kier molecular flexibility index (Phi) is 5.63. The molecule has 2 N–H and O–H groups in total. The predicted octanol–water partition coefficient (Wildman–Crippen LogP) is 3.24. The van der Waals surface area contributed by atoms with Crippen molar-refractivity contribution in [1.29, 1.82) is 0 Å². The van der Waals surface area contributed by atoms with Gasteiger partial charge in [-0.25, -0.2) is 4.79 Å². The lowest BCUT2D eigenvalue weighted by Gasteiger charge is -2.34. The van der Waals surface area contributed by atoms with E-state index in [1.54, 1.807) is 4.90 Å². The number of piperazine rings is 1. The molecule has 0 unspecified atom stereocenters. The van der Waals surface area contributed by atoms with Crippen LogP contribution in [0.1, 0.15) is 11.1 Å². The maximum absolute atomic E-state index is 12.3. The molecule has 7 heteroatoms. The van der Waals surface area contributed by atoms with Crippen molar-refractivity contribution in [3.05, 3.63) is 71.8 Å². The number of carbonyl (C=O) groups excluding carboxylic acids is 1. The van der Waals surface area contributed by atoms with Crippen LogP contribution in [0.15, 0.2) is 60.7 Å². The topological polar surface area (TPSA) is 78.2 Å². The zero-order chi connectivity index (χ0) is 21.1. The van der Waals surface area contributed by atoms with Crippen molar-refractivity contribution >= 4 is 6.09 Å². The molecule has 2 aromatic carbocycles. The van der Waals surface area contributed by atoms with Gasteiger partial charge in [-0.1, -0.05) is 48.5 Å². The summed E-state index contributed by atoms with van der Waals surface area (Å²) < 4.78 is 0.715. The first-order valence-corrected chi connectivity index (χ1v) is 9.95. The first-order valence-electron chi connectivity index (χ1n) is 9.95. The lowest BCUT2D eigenvalue weighted by atomic mass is 9.99. The van der Waals surface area contributed by atoms with Gasteiger partial charge >= 0.3 is 6.09 Å². The Morgan fingerprint density at radius 1 is 0.900 bits per heavy atom. The van der Waals surface area contributed by atoms with E-state index in [4.69, 9.17) is 4.84 Å². The fraction of sp³-hybridized carbons (Fsp3) is 0.261. The molecule has 1 saturated heterocycles. The number of hydrogen-bond acceptors (Lipinski definition) is 5. The van der Waals surface area contributed by atoms with Gasteiger partial charge in [0.25, 0.3) is 0 Å². The van der Waals surface area contributed by atoms with Crippen molar-refractivity contribution in [2.45, 2.75) is 13.5 Å². The molecule has 0 atom stereocenters. The van der Waals surface area contributed by atoms with Gasteiger partial charge in [-0.2, -0.15) is 0 Å². The number of aromatic hydroxyl groups is 2. The molecule has 1 aromatic heterocycles. The molecular formula is C23H25N3O4. The van der Waals surface area contributed by atoms with Crippen LogP contribution in [-0.4, -0.2) is 57.0 Å². The van der Waals surface area contributed by atoms with E-state index in [2.05, 4.69) is 42.2 Å². The molecule has 1 fully saturated rings. The molecule has 0 bridgehead atoms. The minimum atomic E-state index is -0.597. The molecule has 1 aliphatic heterocycles. The van der Waals surface area contributed by atoms with Crippen molar-refractivity contribution in [2.24, 2.45) is 0 Å². The van der Waals surface area contributed by atoms with Crippen LogP contribution in [0.4, 0.5) is 4.79 Å². The van der Waals surface area contributed by atoms with E-state index >= 15 is 0 Å². The summed E-state index contributed by atoms with van der Waals surface area (Å²) in [5.74, 6) is -0.650. The van der Waals surface area contributed by atoms with Gasteiger partial charge in [-0.3, -0.25) is 4.90 Å². The zero-order valence-electron chi connectivity index (χ0n) is 16.9. The quantitative estimate of drug-likeness (QED) is 0.694. The van der Waals surface area contributed by atoms with Crippen LogP contribution in [0.25, 0.3) is 11.1 Å². The highest BCUT2D eigenvalue weighted by Crippen LogP contribution is 2.23. The van der Waals surface area contributed by atoms with E-state index in [9.17, 15) is 15.0 Å². The second kappa shape index (κ2) is 8.51. The Morgan fingerprint density at radius 2 is 1.57 bits per heavy atom. The summed E-state index contributed by atoms with van der Waals surface area (Å²) in [4.78, 5) is 21.2. The molecule has 30 heavy (non-hydrogen) atoms. The minimum Gasteiger partial charge on any atom is -0.492 e. The summed E-state index contributed by atoms with van der Waals surface area (Å²) in [6.45, 7) is 5.43. The van der Waals surface area contributed by atoms with Crippen molar-refractivity contribution in [3.8, 4) is 22.9 Å². The molecule has 0 aliphatic carbocycles. The number of benzene rings is 2. The highest BCUT2D eigenvalue weighted by Gasteiger charge is 2.24. The van der Waals surface area contributed by atoms with Crippen molar-refractivity contribution in [2.75, 3.05) is 26.2 Å². The van der Waals surface area contributed by atoms with Crippen LogP contribution in [0, 0.1) is 6.92 Å². The van der Waals surface area contributed by atoms with E-state index in [-0.39, 0.29) is 11.8 Å². The Hall–Kier alpha value is -3.45. The third-order valence-electron chi connectivity index (χ3n) is 5.44. The molecule has 2 heterocycles. The van der Waals surface area contributed by atoms with E-state index in [1.807, 2.05) is 18.2 Å². The van der Waals surface area contributed by atoms with E-state index in [0.29, 0.717) is 17.8 Å². The maximum atomic E-state index is 12.3. The molecule has 3 aromatic rings. The first-order chi connectivity index (χ1) is 14.5. The van der Waals surface area contributed by atoms with Crippen molar-refractivity contribution in [3.63, 3.8) is 0 Å². The Balaban J connectivity index is 1.33. The molecular weight excluding hydrogens is 382 g/mol. The molecule has 1 amide bonds. The third kappa shape index (κ3) is 4.26. The Labute approximate surface area is 175 Å². The number of amides is 1. The van der Waals surface area contributed by atoms with Crippen molar-refractivity contribution < 1.29 is 19.8 Å². The molecule has 4 rings (SSSR count). The van der Waals surface area contributed by atoms with Gasteiger partial charge in [0.2, 0.25) is 11.8 Å². The second-order valence-corrected chi connectivity index (χ2v) is 7.47. The van der Waals surface area contributed by atoms with Gasteiger partial charge in [-0.05, 0) is 29.2 Å². The van der Waals surface area contributed by atoms with E-state index in [0.717, 1.165) is 19.6 Å². The summed E-state index contributed by atoms with van der Waals surface area (Å²) in [7, 11) is 0. The molecule has 0 radical (unpaired) electrons. The number of nitrogens with zero attached hydrogens (tertiary/aromatic N) is 3. The maximum Gasteiger partial charge on any atom is 0.434 e. The predicted molar refractivity (Wildman–Crippen MR) is 113 cm³/mol. The van der Waals surface area contributed by atoms with Gasteiger partial charge in [0.15, 0.2) is 0 Å². The summed E-state index contributed by atoms with van der Waals surface area (Å²) in [5.41, 5.74) is 4.93. The zero-order valence-corrected chi connectivity index (χ0v) is 16.9. The number of hydrogen-bond donors (Lipinski definition) is 2. The lowest BCUT2D eigenvalue weighted by molar-refractivity contribution is 0.0555. The SMILES string of the molecule is Cc1cc(-c2ccccc2)ccc1CN1CCN(C(=O)On2c(O)ccc2O)CC1. The second-order valence-electron chi connectivity index (χ2n) is 7.47. The van der Waals surface area contributed by atoms with Crippen LogP contribution in [0.5, 0.6) is 11.8 Å². The summed E-state index contributed by atoms with van der Waals surface area (Å²) in [6, 6.07) is 19.4. The van der Waals surface area contributed by atoms with Gasteiger partial charge in [0.1, 0.15) is 0 Å². The fourth-order valence-electron chi connectivity index (χ4n) is 3.64. The smallest absolute Gasteiger partial charge is 0.434 e. The molecule has 0 spiro atoms. The number of carbonyl (C=O) groups is 1. The van der Waals surface area contributed by atoms with Gasteiger partial charge in [0.05, 0.1) is 0 Å². The van der Waals surface area contributed by atoms with Gasteiger partial charge in [0, 0.05) is 44.9 Å². The largest absolute Gasteiger partial charge is 0.492 e. The van der Waals surface area contributed by atoms with Crippen LogP contribution in [0.2, 0.25) is 0 Å². The molecule has 156 valence electrons. The summed E-state index contributed by atoms with van der Waals surface area (Å²) >= 11 is 0.